The number of rotatable bonds is 4. The SMILES string of the molecule is CCC1CCC(OC(=O)Cn2nc(C)c(N)c2C)CC1. The summed E-state index contributed by atoms with van der Waals surface area (Å²) in [4.78, 5) is 12.0. The van der Waals surface area contributed by atoms with E-state index in [4.69, 9.17) is 10.5 Å². The lowest BCUT2D eigenvalue weighted by molar-refractivity contribution is -0.152. The summed E-state index contributed by atoms with van der Waals surface area (Å²) in [5.41, 5.74) is 8.10. The molecule has 1 heterocycles. The molecule has 0 unspecified atom stereocenters. The molecule has 0 saturated heterocycles. The molecule has 1 fully saturated rings. The first-order valence-electron chi connectivity index (χ1n) is 7.50. The van der Waals surface area contributed by atoms with E-state index in [9.17, 15) is 4.79 Å². The number of ether oxygens (including phenoxy) is 1. The summed E-state index contributed by atoms with van der Waals surface area (Å²) in [6.07, 6.45) is 5.63. The Morgan fingerprint density at radius 1 is 1.35 bits per heavy atom. The molecule has 5 nitrogen and oxygen atoms in total. The van der Waals surface area contributed by atoms with Gasteiger partial charge in [-0.25, -0.2) is 0 Å². The average molecular weight is 279 g/mol. The van der Waals surface area contributed by atoms with Gasteiger partial charge in [-0.3, -0.25) is 9.48 Å². The van der Waals surface area contributed by atoms with Crippen molar-refractivity contribution >= 4 is 11.7 Å². The third-order valence-corrected chi connectivity index (χ3v) is 4.39. The van der Waals surface area contributed by atoms with Crippen LogP contribution in [0.3, 0.4) is 0 Å². The Labute approximate surface area is 120 Å². The minimum atomic E-state index is -0.212. The van der Waals surface area contributed by atoms with Gasteiger partial charge in [0, 0.05) is 0 Å². The van der Waals surface area contributed by atoms with Gasteiger partial charge in [0.2, 0.25) is 0 Å². The summed E-state index contributed by atoms with van der Waals surface area (Å²) in [5.74, 6) is 0.594. The Hall–Kier alpha value is -1.52. The molecule has 0 aromatic carbocycles. The van der Waals surface area contributed by atoms with Crippen LogP contribution in [0.2, 0.25) is 0 Å². The number of nitrogens with two attached hydrogens (primary N) is 1. The third-order valence-electron chi connectivity index (χ3n) is 4.39. The van der Waals surface area contributed by atoms with Crippen LogP contribution in [0.5, 0.6) is 0 Å². The highest BCUT2D eigenvalue weighted by Crippen LogP contribution is 2.28. The normalized spacial score (nSPS) is 22.8. The summed E-state index contributed by atoms with van der Waals surface area (Å²) in [7, 11) is 0. The number of carbonyl (C=O) groups is 1. The van der Waals surface area contributed by atoms with Crippen molar-refractivity contribution in [3.8, 4) is 0 Å². The molecule has 1 aromatic rings. The topological polar surface area (TPSA) is 70.1 Å². The average Bonchev–Trinajstić information content (AvgIpc) is 2.67. The van der Waals surface area contributed by atoms with Crippen LogP contribution in [-0.4, -0.2) is 21.9 Å². The minimum Gasteiger partial charge on any atom is -0.461 e. The molecule has 0 radical (unpaired) electrons. The molecule has 2 N–H and O–H groups in total. The lowest BCUT2D eigenvalue weighted by atomic mass is 9.86. The number of aryl methyl sites for hydroxylation is 1. The molecule has 5 heteroatoms. The van der Waals surface area contributed by atoms with Gasteiger partial charge in [-0.05, 0) is 45.4 Å². The molecule has 0 aliphatic heterocycles. The van der Waals surface area contributed by atoms with E-state index in [0.29, 0.717) is 5.69 Å². The van der Waals surface area contributed by atoms with Crippen LogP contribution in [0.4, 0.5) is 5.69 Å². The minimum absolute atomic E-state index is 0.0830. The van der Waals surface area contributed by atoms with Crippen LogP contribution in [-0.2, 0) is 16.1 Å². The molecule has 0 amide bonds. The molecule has 112 valence electrons. The molecule has 0 atom stereocenters. The van der Waals surface area contributed by atoms with Gasteiger partial charge >= 0.3 is 5.97 Å². The van der Waals surface area contributed by atoms with E-state index in [1.165, 1.54) is 19.3 Å². The second kappa shape index (κ2) is 6.29. The zero-order valence-corrected chi connectivity index (χ0v) is 12.7. The first kappa shape index (κ1) is 14.9. The molecule has 1 aliphatic carbocycles. The van der Waals surface area contributed by atoms with E-state index in [-0.39, 0.29) is 18.6 Å². The molecule has 1 aromatic heterocycles. The Balaban J connectivity index is 1.85. The van der Waals surface area contributed by atoms with Gasteiger partial charge in [0.25, 0.3) is 0 Å². The van der Waals surface area contributed by atoms with E-state index in [1.54, 1.807) is 4.68 Å². The van der Waals surface area contributed by atoms with Gasteiger partial charge in [-0.1, -0.05) is 13.3 Å². The van der Waals surface area contributed by atoms with Crippen molar-refractivity contribution in [1.29, 1.82) is 0 Å². The standard InChI is InChI=1S/C15H25N3O2/c1-4-12-5-7-13(8-6-12)20-14(19)9-18-11(3)15(16)10(2)17-18/h12-13H,4-9,16H2,1-3H3. The van der Waals surface area contributed by atoms with Crippen molar-refractivity contribution in [3.63, 3.8) is 0 Å². The molecular formula is C15H25N3O2. The van der Waals surface area contributed by atoms with Gasteiger partial charge in [0.05, 0.1) is 17.1 Å². The summed E-state index contributed by atoms with van der Waals surface area (Å²) in [5, 5.41) is 4.26. The second-order valence-corrected chi connectivity index (χ2v) is 5.78. The van der Waals surface area contributed by atoms with E-state index in [2.05, 4.69) is 12.0 Å². The number of aromatic nitrogens is 2. The fraction of sp³-hybridized carbons (Fsp3) is 0.733. The van der Waals surface area contributed by atoms with E-state index >= 15 is 0 Å². The second-order valence-electron chi connectivity index (χ2n) is 5.78. The summed E-state index contributed by atoms with van der Waals surface area (Å²) in [6, 6.07) is 0. The number of carbonyl (C=O) groups excluding carboxylic acids is 1. The molecular weight excluding hydrogens is 254 g/mol. The fourth-order valence-corrected chi connectivity index (χ4v) is 2.87. The fourth-order valence-electron chi connectivity index (χ4n) is 2.87. The lowest BCUT2D eigenvalue weighted by Crippen LogP contribution is -2.26. The molecule has 1 saturated carbocycles. The van der Waals surface area contributed by atoms with Crippen molar-refractivity contribution in [2.75, 3.05) is 5.73 Å². The Morgan fingerprint density at radius 3 is 2.50 bits per heavy atom. The Kier molecular flexibility index (Phi) is 4.68. The molecule has 0 spiro atoms. The number of hydrogen-bond donors (Lipinski definition) is 1. The van der Waals surface area contributed by atoms with Gasteiger partial charge in [0.1, 0.15) is 12.6 Å². The van der Waals surface area contributed by atoms with Crippen molar-refractivity contribution in [3.05, 3.63) is 11.4 Å². The molecule has 2 rings (SSSR count). The van der Waals surface area contributed by atoms with Crippen LogP contribution >= 0.6 is 0 Å². The van der Waals surface area contributed by atoms with Crippen molar-refractivity contribution in [2.45, 2.75) is 65.5 Å². The zero-order chi connectivity index (χ0) is 14.7. The highest BCUT2D eigenvalue weighted by Gasteiger charge is 2.23. The Bertz CT molecular complexity index is 474. The van der Waals surface area contributed by atoms with Crippen molar-refractivity contribution in [2.24, 2.45) is 5.92 Å². The predicted octanol–water partition coefficient (Wildman–Crippen LogP) is 2.59. The Morgan fingerprint density at radius 2 is 2.00 bits per heavy atom. The first-order valence-corrected chi connectivity index (χ1v) is 7.50. The molecule has 20 heavy (non-hydrogen) atoms. The van der Waals surface area contributed by atoms with Crippen LogP contribution in [0.1, 0.15) is 50.4 Å². The van der Waals surface area contributed by atoms with Crippen LogP contribution in [0.15, 0.2) is 0 Å². The van der Waals surface area contributed by atoms with E-state index < -0.39 is 0 Å². The highest BCUT2D eigenvalue weighted by molar-refractivity contribution is 5.69. The molecule has 1 aliphatic rings. The van der Waals surface area contributed by atoms with Crippen LogP contribution in [0, 0.1) is 19.8 Å². The largest absolute Gasteiger partial charge is 0.461 e. The first-order chi connectivity index (χ1) is 9.51. The smallest absolute Gasteiger partial charge is 0.328 e. The van der Waals surface area contributed by atoms with Crippen molar-refractivity contribution in [1.82, 2.24) is 9.78 Å². The number of hydrogen-bond acceptors (Lipinski definition) is 4. The maximum Gasteiger partial charge on any atom is 0.328 e. The molecule has 0 bridgehead atoms. The monoisotopic (exact) mass is 279 g/mol. The van der Waals surface area contributed by atoms with Gasteiger partial charge < -0.3 is 10.5 Å². The summed E-state index contributed by atoms with van der Waals surface area (Å²) in [6.45, 7) is 6.09. The van der Waals surface area contributed by atoms with Crippen molar-refractivity contribution < 1.29 is 9.53 Å². The predicted molar refractivity (Wildman–Crippen MR) is 78.2 cm³/mol. The zero-order valence-electron chi connectivity index (χ0n) is 12.7. The van der Waals surface area contributed by atoms with E-state index in [1.807, 2.05) is 13.8 Å². The van der Waals surface area contributed by atoms with Crippen LogP contribution < -0.4 is 5.73 Å². The summed E-state index contributed by atoms with van der Waals surface area (Å²) < 4.78 is 7.18. The highest BCUT2D eigenvalue weighted by atomic mass is 16.5. The van der Waals surface area contributed by atoms with Gasteiger partial charge in [0.15, 0.2) is 0 Å². The third kappa shape index (κ3) is 3.32. The number of nitrogens with zero attached hydrogens (tertiary/aromatic N) is 2. The summed E-state index contributed by atoms with van der Waals surface area (Å²) >= 11 is 0. The van der Waals surface area contributed by atoms with Crippen LogP contribution in [0.25, 0.3) is 0 Å². The quantitative estimate of drug-likeness (QED) is 0.860. The maximum atomic E-state index is 12.0. The number of esters is 1. The van der Waals surface area contributed by atoms with Gasteiger partial charge in [-0.15, -0.1) is 0 Å². The van der Waals surface area contributed by atoms with Gasteiger partial charge in [-0.2, -0.15) is 5.10 Å². The van der Waals surface area contributed by atoms with E-state index in [0.717, 1.165) is 30.1 Å². The number of anilines is 1. The lowest BCUT2D eigenvalue weighted by Gasteiger charge is -2.27. The number of nitrogen functional groups attached to an aromatic ring is 1. The maximum absolute atomic E-state index is 12.0.